The van der Waals surface area contributed by atoms with Crippen molar-refractivity contribution in [2.45, 2.75) is 39.0 Å². The Bertz CT molecular complexity index is 1230. The Morgan fingerprint density at radius 1 is 1.21 bits per heavy atom. The van der Waals surface area contributed by atoms with Crippen molar-refractivity contribution in [3.8, 4) is 6.07 Å². The van der Waals surface area contributed by atoms with E-state index in [0.717, 1.165) is 50.8 Å². The van der Waals surface area contributed by atoms with E-state index in [-0.39, 0.29) is 16.7 Å². The van der Waals surface area contributed by atoms with Crippen molar-refractivity contribution in [3.63, 3.8) is 0 Å². The summed E-state index contributed by atoms with van der Waals surface area (Å²) < 4.78 is 5.37. The zero-order valence-electron chi connectivity index (χ0n) is 18.8. The van der Waals surface area contributed by atoms with Gasteiger partial charge in [-0.2, -0.15) is 5.26 Å². The minimum Gasteiger partial charge on any atom is -0.459 e. The Labute approximate surface area is 199 Å². The first-order valence-electron chi connectivity index (χ1n) is 11.5. The third kappa shape index (κ3) is 3.96. The predicted octanol–water partition coefficient (Wildman–Crippen LogP) is 6.21. The van der Waals surface area contributed by atoms with Crippen molar-refractivity contribution in [2.24, 2.45) is 10.8 Å². The monoisotopic (exact) mass is 458 g/mol. The van der Waals surface area contributed by atoms with E-state index >= 15 is 0 Å². The van der Waals surface area contributed by atoms with E-state index in [1.807, 2.05) is 23.1 Å². The molecule has 1 amide bonds. The summed E-state index contributed by atoms with van der Waals surface area (Å²) in [6.07, 6.45) is 6.67. The molecule has 2 aromatic carbocycles. The van der Waals surface area contributed by atoms with Crippen LogP contribution in [0, 0.1) is 29.1 Å². The Balaban J connectivity index is 1.38. The Kier molecular flexibility index (Phi) is 5.54. The molecule has 0 bridgehead atoms. The number of halogens is 1. The summed E-state index contributed by atoms with van der Waals surface area (Å²) in [5, 5.41) is 9.69. The standard InChI is InChI=1S/C28H27ClN2O2/c1-20-5-2-3-6-22(20)16-27(11-10-21-8-9-23(17-30)24(29)15-21)18-28(27)12-13-31(19-28)26(32)25-7-4-14-33-25/h2-9,14-15H,10-13,16,18-19H2,1H3/t27-,28+/m1/s1. The number of nitriles is 1. The number of amides is 1. The Morgan fingerprint density at radius 3 is 2.79 bits per heavy atom. The molecule has 5 heteroatoms. The molecular formula is C28H27ClN2O2. The van der Waals surface area contributed by atoms with Gasteiger partial charge in [-0.15, -0.1) is 0 Å². The van der Waals surface area contributed by atoms with Gasteiger partial charge in [-0.05, 0) is 90.8 Å². The van der Waals surface area contributed by atoms with E-state index < -0.39 is 0 Å². The van der Waals surface area contributed by atoms with E-state index in [9.17, 15) is 10.1 Å². The summed E-state index contributed by atoms with van der Waals surface area (Å²) >= 11 is 6.29. The van der Waals surface area contributed by atoms with Gasteiger partial charge in [0.25, 0.3) is 5.91 Å². The smallest absolute Gasteiger partial charge is 0.289 e. The second-order valence-corrected chi connectivity index (χ2v) is 10.1. The van der Waals surface area contributed by atoms with Crippen LogP contribution >= 0.6 is 11.6 Å². The highest BCUT2D eigenvalue weighted by molar-refractivity contribution is 6.31. The normalized spacial score (nSPS) is 23.6. The van der Waals surface area contributed by atoms with Crippen molar-refractivity contribution in [2.75, 3.05) is 13.1 Å². The maximum absolute atomic E-state index is 12.9. The second kappa shape index (κ2) is 8.39. The van der Waals surface area contributed by atoms with Gasteiger partial charge in [0.05, 0.1) is 16.8 Å². The maximum atomic E-state index is 12.9. The number of carbonyl (C=O) groups excluding carboxylic acids is 1. The number of rotatable bonds is 6. The van der Waals surface area contributed by atoms with Crippen LogP contribution in [0.4, 0.5) is 0 Å². The summed E-state index contributed by atoms with van der Waals surface area (Å²) in [4.78, 5) is 14.9. The summed E-state index contributed by atoms with van der Waals surface area (Å²) in [7, 11) is 0. The molecule has 1 aliphatic heterocycles. The lowest BCUT2D eigenvalue weighted by Gasteiger charge is -2.24. The van der Waals surface area contributed by atoms with Crippen LogP contribution in [0.5, 0.6) is 0 Å². The predicted molar refractivity (Wildman–Crippen MR) is 128 cm³/mol. The van der Waals surface area contributed by atoms with E-state index in [2.05, 4.69) is 37.3 Å². The molecule has 0 radical (unpaired) electrons. The number of hydrogen-bond donors (Lipinski definition) is 0. The first kappa shape index (κ1) is 21.8. The largest absolute Gasteiger partial charge is 0.459 e. The highest BCUT2D eigenvalue weighted by atomic mass is 35.5. The lowest BCUT2D eigenvalue weighted by molar-refractivity contribution is 0.0749. The molecule has 33 heavy (non-hydrogen) atoms. The van der Waals surface area contributed by atoms with E-state index in [1.165, 1.54) is 11.1 Å². The average Bonchev–Trinajstić information content (AvgIpc) is 3.20. The third-order valence-corrected chi connectivity index (χ3v) is 8.20. The molecule has 3 aromatic rings. The molecule has 168 valence electrons. The number of benzene rings is 2. The van der Waals surface area contributed by atoms with E-state index in [4.69, 9.17) is 16.0 Å². The van der Waals surface area contributed by atoms with Crippen LogP contribution in [0.2, 0.25) is 5.02 Å². The lowest BCUT2D eigenvalue weighted by Crippen LogP contribution is -2.30. The van der Waals surface area contributed by atoms with Gasteiger partial charge in [0, 0.05) is 13.1 Å². The Morgan fingerprint density at radius 2 is 2.06 bits per heavy atom. The van der Waals surface area contributed by atoms with E-state index in [1.54, 1.807) is 18.4 Å². The van der Waals surface area contributed by atoms with Crippen LogP contribution in [-0.2, 0) is 12.8 Å². The molecule has 1 aliphatic carbocycles. The van der Waals surface area contributed by atoms with Gasteiger partial charge in [-0.25, -0.2) is 0 Å². The first-order valence-corrected chi connectivity index (χ1v) is 11.9. The molecule has 2 heterocycles. The minimum atomic E-state index is -0.00700. The highest BCUT2D eigenvalue weighted by Gasteiger charge is 2.68. The molecule has 0 unspecified atom stereocenters. The molecule has 2 aliphatic rings. The fourth-order valence-electron chi connectivity index (χ4n) is 5.84. The zero-order valence-corrected chi connectivity index (χ0v) is 19.6. The number of hydrogen-bond acceptors (Lipinski definition) is 3. The topological polar surface area (TPSA) is 57.2 Å². The molecule has 4 nitrogen and oxygen atoms in total. The lowest BCUT2D eigenvalue weighted by atomic mass is 9.81. The van der Waals surface area contributed by atoms with Crippen molar-refractivity contribution >= 4 is 17.5 Å². The molecular weight excluding hydrogens is 432 g/mol. The number of furan rings is 1. The van der Waals surface area contributed by atoms with Crippen molar-refractivity contribution < 1.29 is 9.21 Å². The highest BCUT2D eigenvalue weighted by Crippen LogP contribution is 2.71. The van der Waals surface area contributed by atoms with E-state index in [0.29, 0.717) is 16.3 Å². The fourth-order valence-corrected chi connectivity index (χ4v) is 6.08. The average molecular weight is 459 g/mol. The van der Waals surface area contributed by atoms with Gasteiger partial charge in [-0.1, -0.05) is 41.9 Å². The second-order valence-electron chi connectivity index (χ2n) is 9.72. The van der Waals surface area contributed by atoms with Crippen molar-refractivity contribution in [3.05, 3.63) is 93.9 Å². The number of likely N-dealkylation sites (tertiary alicyclic amines) is 1. The molecule has 1 aromatic heterocycles. The molecule has 0 N–H and O–H groups in total. The minimum absolute atomic E-state index is 0.00700. The third-order valence-electron chi connectivity index (χ3n) is 7.89. The number of aryl methyl sites for hydroxylation is 2. The Hall–Kier alpha value is -3.03. The fraction of sp³-hybridized carbons (Fsp3) is 0.357. The van der Waals surface area contributed by atoms with Gasteiger partial charge in [0.15, 0.2) is 5.76 Å². The summed E-state index contributed by atoms with van der Waals surface area (Å²) in [5.74, 6) is 0.414. The molecule has 5 rings (SSSR count). The maximum Gasteiger partial charge on any atom is 0.289 e. The number of nitrogens with zero attached hydrogens (tertiary/aromatic N) is 2. The van der Waals surface area contributed by atoms with Crippen molar-refractivity contribution in [1.82, 2.24) is 4.90 Å². The quantitative estimate of drug-likeness (QED) is 0.441. The van der Waals surface area contributed by atoms with Crippen LogP contribution in [0.1, 0.15) is 52.1 Å². The van der Waals surface area contributed by atoms with Gasteiger partial charge in [0.1, 0.15) is 6.07 Å². The zero-order chi connectivity index (χ0) is 23.1. The van der Waals surface area contributed by atoms with Crippen molar-refractivity contribution in [1.29, 1.82) is 5.26 Å². The van der Waals surface area contributed by atoms with Crippen LogP contribution in [-0.4, -0.2) is 23.9 Å². The van der Waals surface area contributed by atoms with Gasteiger partial charge >= 0.3 is 0 Å². The van der Waals surface area contributed by atoms with Crippen LogP contribution in [0.25, 0.3) is 0 Å². The molecule has 1 spiro atoms. The summed E-state index contributed by atoms with van der Waals surface area (Å²) in [5.41, 5.74) is 4.68. The van der Waals surface area contributed by atoms with Crippen LogP contribution in [0.15, 0.2) is 65.3 Å². The SMILES string of the molecule is Cc1ccccc1C[C@]1(CCc2ccc(C#N)c(Cl)c2)C[C@]12CCN(C(=O)c1ccco1)C2. The van der Waals surface area contributed by atoms with Gasteiger partial charge in [0.2, 0.25) is 0 Å². The molecule has 2 atom stereocenters. The summed E-state index contributed by atoms with van der Waals surface area (Å²) in [6, 6.07) is 20.0. The van der Waals surface area contributed by atoms with Gasteiger partial charge in [-0.3, -0.25) is 4.79 Å². The molecule has 1 saturated heterocycles. The summed E-state index contributed by atoms with van der Waals surface area (Å²) in [6.45, 7) is 3.74. The van der Waals surface area contributed by atoms with Crippen LogP contribution < -0.4 is 0 Å². The number of carbonyl (C=O) groups is 1. The molecule has 1 saturated carbocycles. The van der Waals surface area contributed by atoms with Gasteiger partial charge < -0.3 is 9.32 Å². The first-order chi connectivity index (χ1) is 16.0. The van der Waals surface area contributed by atoms with Crippen LogP contribution in [0.3, 0.4) is 0 Å². The molecule has 2 fully saturated rings.